The maximum absolute atomic E-state index is 9.84. The fraction of sp³-hybridized carbons (Fsp3) is 0.636. The van der Waals surface area contributed by atoms with Crippen molar-refractivity contribution in [1.82, 2.24) is 4.90 Å². The Hall–Kier alpha value is -0.320. The first-order valence-electron chi connectivity index (χ1n) is 5.16. The smallest absolute Gasteiger partial charge is 0.169 e. The van der Waals surface area contributed by atoms with Gasteiger partial charge in [0.25, 0.3) is 0 Å². The number of furan rings is 1. The summed E-state index contributed by atoms with van der Waals surface area (Å²) < 4.78 is 5.96. The molecular formula is C11H16BrNO2. The molecule has 1 aromatic heterocycles. The Balaban J connectivity index is 2.07. The summed E-state index contributed by atoms with van der Waals surface area (Å²) in [7, 11) is 0. The highest BCUT2D eigenvalue weighted by Gasteiger charge is 2.39. The number of likely N-dealkylation sites (tertiary alicyclic amines) is 1. The maximum Gasteiger partial charge on any atom is 0.169 e. The van der Waals surface area contributed by atoms with Gasteiger partial charge in [-0.2, -0.15) is 0 Å². The number of halogens is 1. The summed E-state index contributed by atoms with van der Waals surface area (Å²) in [4.78, 5) is 2.29. The third-order valence-corrected chi connectivity index (χ3v) is 3.71. The van der Waals surface area contributed by atoms with E-state index in [1.807, 2.05) is 6.07 Å². The molecule has 0 aromatic carbocycles. The van der Waals surface area contributed by atoms with Crippen LogP contribution in [0.5, 0.6) is 0 Å². The van der Waals surface area contributed by atoms with Crippen molar-refractivity contribution in [1.29, 1.82) is 0 Å². The van der Waals surface area contributed by atoms with Gasteiger partial charge in [0.05, 0.1) is 12.4 Å². The van der Waals surface area contributed by atoms with Gasteiger partial charge < -0.3 is 9.52 Å². The quantitative estimate of drug-likeness (QED) is 0.899. The summed E-state index contributed by atoms with van der Waals surface area (Å²) >= 11 is 3.29. The number of aliphatic hydroxyl groups is 1. The molecule has 0 bridgehead atoms. The molecule has 84 valence electrons. The Morgan fingerprint density at radius 1 is 1.67 bits per heavy atom. The molecule has 1 atom stereocenters. The van der Waals surface area contributed by atoms with E-state index in [1.54, 1.807) is 6.26 Å². The van der Waals surface area contributed by atoms with Crippen LogP contribution in [-0.4, -0.2) is 28.2 Å². The molecule has 1 aromatic rings. The van der Waals surface area contributed by atoms with Gasteiger partial charge >= 0.3 is 0 Å². The van der Waals surface area contributed by atoms with E-state index in [9.17, 15) is 5.11 Å². The van der Waals surface area contributed by atoms with Crippen molar-refractivity contribution in [2.75, 3.05) is 6.54 Å². The SMILES string of the molecule is CC1(C)C(O)CCN1Cc1coc(Br)c1. The van der Waals surface area contributed by atoms with Crippen LogP contribution in [0.1, 0.15) is 25.8 Å². The topological polar surface area (TPSA) is 36.6 Å². The van der Waals surface area contributed by atoms with Gasteiger partial charge in [-0.15, -0.1) is 0 Å². The van der Waals surface area contributed by atoms with Crippen molar-refractivity contribution in [2.45, 2.75) is 38.5 Å². The number of aliphatic hydroxyl groups excluding tert-OH is 1. The second kappa shape index (κ2) is 3.92. The van der Waals surface area contributed by atoms with Crippen molar-refractivity contribution in [3.05, 3.63) is 22.6 Å². The molecule has 4 heteroatoms. The van der Waals surface area contributed by atoms with Crippen LogP contribution in [0.15, 0.2) is 21.4 Å². The molecule has 0 spiro atoms. The first-order chi connectivity index (χ1) is 7.00. The van der Waals surface area contributed by atoms with Crippen LogP contribution in [0.4, 0.5) is 0 Å². The van der Waals surface area contributed by atoms with Gasteiger partial charge in [-0.25, -0.2) is 0 Å². The fourth-order valence-corrected chi connectivity index (χ4v) is 2.45. The van der Waals surface area contributed by atoms with Gasteiger partial charge in [0, 0.05) is 24.2 Å². The average molecular weight is 274 g/mol. The van der Waals surface area contributed by atoms with Gasteiger partial charge in [0.1, 0.15) is 0 Å². The Bertz CT molecular complexity index is 348. The lowest BCUT2D eigenvalue weighted by atomic mass is 9.98. The van der Waals surface area contributed by atoms with Gasteiger partial charge in [-0.05, 0) is 42.3 Å². The summed E-state index contributed by atoms with van der Waals surface area (Å²) in [5.41, 5.74) is 1.01. The van der Waals surface area contributed by atoms with Gasteiger partial charge in [0.2, 0.25) is 0 Å². The van der Waals surface area contributed by atoms with Crippen molar-refractivity contribution >= 4 is 15.9 Å². The molecule has 1 aliphatic rings. The monoisotopic (exact) mass is 273 g/mol. The Morgan fingerprint density at radius 3 is 2.87 bits per heavy atom. The van der Waals surface area contributed by atoms with Crippen LogP contribution in [0, 0.1) is 0 Å². The van der Waals surface area contributed by atoms with Gasteiger partial charge in [0.15, 0.2) is 4.67 Å². The number of nitrogens with zero attached hydrogens (tertiary/aromatic N) is 1. The normalized spacial score (nSPS) is 26.0. The molecule has 2 rings (SSSR count). The highest BCUT2D eigenvalue weighted by molar-refractivity contribution is 9.10. The highest BCUT2D eigenvalue weighted by atomic mass is 79.9. The number of rotatable bonds is 2. The third kappa shape index (κ3) is 2.12. The van der Waals surface area contributed by atoms with E-state index in [2.05, 4.69) is 34.7 Å². The summed E-state index contributed by atoms with van der Waals surface area (Å²) in [6, 6.07) is 1.97. The lowest BCUT2D eigenvalue weighted by Gasteiger charge is -2.33. The number of hydrogen-bond donors (Lipinski definition) is 1. The minimum absolute atomic E-state index is 0.135. The van der Waals surface area contributed by atoms with Crippen LogP contribution >= 0.6 is 15.9 Å². The molecule has 1 fully saturated rings. The average Bonchev–Trinajstić information content (AvgIpc) is 2.66. The van der Waals surface area contributed by atoms with E-state index < -0.39 is 0 Å². The Labute approximate surface area is 98.2 Å². The predicted molar refractivity (Wildman–Crippen MR) is 61.5 cm³/mol. The van der Waals surface area contributed by atoms with Crippen LogP contribution in [0.2, 0.25) is 0 Å². The molecule has 2 heterocycles. The lowest BCUT2D eigenvalue weighted by molar-refractivity contribution is 0.0505. The van der Waals surface area contributed by atoms with E-state index in [4.69, 9.17) is 4.42 Å². The minimum atomic E-state index is -0.229. The van der Waals surface area contributed by atoms with Gasteiger partial charge in [-0.1, -0.05) is 0 Å². The molecular weight excluding hydrogens is 258 g/mol. The van der Waals surface area contributed by atoms with Crippen LogP contribution in [-0.2, 0) is 6.54 Å². The molecule has 1 unspecified atom stereocenters. The van der Waals surface area contributed by atoms with E-state index in [0.717, 1.165) is 29.7 Å². The largest absolute Gasteiger partial charge is 0.457 e. The van der Waals surface area contributed by atoms with E-state index >= 15 is 0 Å². The zero-order valence-corrected chi connectivity index (χ0v) is 10.6. The summed E-state index contributed by atoms with van der Waals surface area (Å²) in [6.45, 7) is 5.94. The molecule has 3 nitrogen and oxygen atoms in total. The molecule has 0 amide bonds. The van der Waals surface area contributed by atoms with E-state index in [1.165, 1.54) is 0 Å². The molecule has 0 aliphatic carbocycles. The fourth-order valence-electron chi connectivity index (χ4n) is 2.06. The van der Waals surface area contributed by atoms with Crippen LogP contribution in [0.3, 0.4) is 0 Å². The maximum atomic E-state index is 9.84. The number of hydrogen-bond acceptors (Lipinski definition) is 3. The Morgan fingerprint density at radius 2 is 2.40 bits per heavy atom. The van der Waals surface area contributed by atoms with E-state index in [0.29, 0.717) is 0 Å². The molecule has 1 N–H and O–H groups in total. The van der Waals surface area contributed by atoms with Crippen molar-refractivity contribution in [2.24, 2.45) is 0 Å². The van der Waals surface area contributed by atoms with Crippen molar-refractivity contribution in [3.63, 3.8) is 0 Å². The second-order valence-electron chi connectivity index (χ2n) is 4.64. The molecule has 15 heavy (non-hydrogen) atoms. The first-order valence-corrected chi connectivity index (χ1v) is 5.95. The molecule has 1 saturated heterocycles. The zero-order chi connectivity index (χ0) is 11.1. The van der Waals surface area contributed by atoms with Crippen molar-refractivity contribution < 1.29 is 9.52 Å². The van der Waals surface area contributed by atoms with Crippen LogP contribution < -0.4 is 0 Å². The van der Waals surface area contributed by atoms with E-state index in [-0.39, 0.29) is 11.6 Å². The Kier molecular flexibility index (Phi) is 2.92. The molecule has 0 radical (unpaired) electrons. The predicted octanol–water partition coefficient (Wildman–Crippen LogP) is 2.39. The van der Waals surface area contributed by atoms with Crippen LogP contribution in [0.25, 0.3) is 0 Å². The molecule has 1 aliphatic heterocycles. The second-order valence-corrected chi connectivity index (χ2v) is 5.42. The third-order valence-electron chi connectivity index (χ3n) is 3.30. The summed E-state index contributed by atoms with van der Waals surface area (Å²) in [6.07, 6.45) is 2.38. The summed E-state index contributed by atoms with van der Waals surface area (Å²) in [5, 5.41) is 9.84. The highest BCUT2D eigenvalue weighted by Crippen LogP contribution is 2.30. The minimum Gasteiger partial charge on any atom is -0.457 e. The standard InChI is InChI=1S/C11H16BrNO2/c1-11(2)9(14)3-4-13(11)6-8-5-10(12)15-7-8/h5,7,9,14H,3-4,6H2,1-2H3. The first kappa shape index (κ1) is 11.2. The summed E-state index contributed by atoms with van der Waals surface area (Å²) in [5.74, 6) is 0. The lowest BCUT2D eigenvalue weighted by Crippen LogP contribution is -2.44. The van der Waals surface area contributed by atoms with Crippen molar-refractivity contribution in [3.8, 4) is 0 Å². The molecule has 0 saturated carbocycles. The van der Waals surface area contributed by atoms with Gasteiger partial charge in [-0.3, -0.25) is 4.90 Å². The zero-order valence-electron chi connectivity index (χ0n) is 9.03.